The van der Waals surface area contributed by atoms with Crippen molar-refractivity contribution in [2.75, 3.05) is 11.9 Å². The molecule has 1 atom stereocenters. The molecular formula is C18H21ClFN3O. The zero-order chi connectivity index (χ0) is 16.7. The first kappa shape index (κ1) is 18.4. The van der Waals surface area contributed by atoms with Crippen molar-refractivity contribution in [3.05, 3.63) is 47.0 Å². The predicted octanol–water partition coefficient (Wildman–Crippen LogP) is 3.55. The van der Waals surface area contributed by atoms with Crippen LogP contribution in [0, 0.1) is 12.7 Å². The fraction of sp³-hybridized carbons (Fsp3) is 0.333. The van der Waals surface area contributed by atoms with Crippen LogP contribution in [0.4, 0.5) is 10.1 Å². The van der Waals surface area contributed by atoms with Crippen LogP contribution in [0.2, 0.25) is 0 Å². The van der Waals surface area contributed by atoms with Gasteiger partial charge in [-0.25, -0.2) is 4.39 Å². The number of carbonyl (C=O) groups is 1. The van der Waals surface area contributed by atoms with E-state index in [4.69, 9.17) is 5.73 Å². The summed E-state index contributed by atoms with van der Waals surface area (Å²) in [6.45, 7) is 3.82. The Morgan fingerprint density at radius 1 is 1.25 bits per heavy atom. The molecule has 1 aromatic carbocycles. The van der Waals surface area contributed by atoms with Crippen molar-refractivity contribution in [3.8, 4) is 11.1 Å². The molecule has 3 rings (SSSR count). The summed E-state index contributed by atoms with van der Waals surface area (Å²) in [5, 5.41) is 0. The Kier molecular flexibility index (Phi) is 5.26. The summed E-state index contributed by atoms with van der Waals surface area (Å²) in [4.78, 5) is 17.5. The minimum absolute atomic E-state index is 0. The number of fused-ring (bicyclic) bond motifs is 1. The molecule has 128 valence electrons. The Bertz CT molecular complexity index is 792. The van der Waals surface area contributed by atoms with E-state index in [1.807, 2.05) is 19.9 Å². The van der Waals surface area contributed by atoms with Crippen LogP contribution >= 0.6 is 12.4 Å². The molecule has 2 aromatic rings. The van der Waals surface area contributed by atoms with E-state index in [2.05, 4.69) is 4.98 Å². The van der Waals surface area contributed by atoms with Crippen molar-refractivity contribution in [2.24, 2.45) is 5.73 Å². The first-order valence-electron chi connectivity index (χ1n) is 7.69. The smallest absolute Gasteiger partial charge is 0.227 e. The highest BCUT2D eigenvalue weighted by Gasteiger charge is 2.24. The Hall–Kier alpha value is -1.98. The fourth-order valence-electron chi connectivity index (χ4n) is 3.14. The minimum atomic E-state index is -0.350. The highest BCUT2D eigenvalue weighted by Crippen LogP contribution is 2.35. The fourth-order valence-corrected chi connectivity index (χ4v) is 3.14. The van der Waals surface area contributed by atoms with Gasteiger partial charge in [0.15, 0.2) is 0 Å². The van der Waals surface area contributed by atoms with Crippen LogP contribution in [0.1, 0.15) is 36.1 Å². The van der Waals surface area contributed by atoms with Crippen molar-refractivity contribution in [3.63, 3.8) is 0 Å². The van der Waals surface area contributed by atoms with Crippen LogP contribution in [-0.2, 0) is 11.2 Å². The molecule has 1 aliphatic rings. The molecule has 6 heteroatoms. The number of rotatable bonds is 2. The van der Waals surface area contributed by atoms with E-state index < -0.39 is 0 Å². The van der Waals surface area contributed by atoms with Crippen LogP contribution in [-0.4, -0.2) is 17.9 Å². The van der Waals surface area contributed by atoms with Gasteiger partial charge in [0.2, 0.25) is 5.91 Å². The van der Waals surface area contributed by atoms with Gasteiger partial charge in [-0.15, -0.1) is 12.4 Å². The van der Waals surface area contributed by atoms with Crippen LogP contribution in [0.15, 0.2) is 24.5 Å². The van der Waals surface area contributed by atoms with Crippen LogP contribution in [0.5, 0.6) is 0 Å². The lowest BCUT2D eigenvalue weighted by molar-refractivity contribution is -0.118. The molecule has 24 heavy (non-hydrogen) atoms. The molecule has 0 aliphatic carbocycles. The molecule has 2 N–H and O–H groups in total. The summed E-state index contributed by atoms with van der Waals surface area (Å²) in [5.74, 6) is -0.335. The third kappa shape index (κ3) is 3.01. The number of hydrogen-bond acceptors (Lipinski definition) is 3. The van der Waals surface area contributed by atoms with Crippen LogP contribution in [0.25, 0.3) is 11.1 Å². The van der Waals surface area contributed by atoms with E-state index in [1.165, 1.54) is 11.0 Å². The van der Waals surface area contributed by atoms with Gasteiger partial charge in [0.25, 0.3) is 0 Å². The quantitative estimate of drug-likeness (QED) is 0.902. The molecule has 0 radical (unpaired) electrons. The van der Waals surface area contributed by atoms with E-state index in [9.17, 15) is 9.18 Å². The monoisotopic (exact) mass is 349 g/mol. The van der Waals surface area contributed by atoms with Crippen LogP contribution in [0.3, 0.4) is 0 Å². The number of nitrogens with two attached hydrogens (primary N) is 1. The van der Waals surface area contributed by atoms with E-state index in [0.29, 0.717) is 24.1 Å². The number of halogens is 2. The molecule has 1 aromatic heterocycles. The molecule has 0 saturated heterocycles. The zero-order valence-electron chi connectivity index (χ0n) is 14.0. The molecular weight excluding hydrogens is 329 g/mol. The first-order valence-corrected chi connectivity index (χ1v) is 7.69. The summed E-state index contributed by atoms with van der Waals surface area (Å²) in [6, 6.07) is 3.12. The third-order valence-corrected chi connectivity index (χ3v) is 4.55. The molecule has 4 nitrogen and oxygen atoms in total. The zero-order valence-corrected chi connectivity index (χ0v) is 14.8. The van der Waals surface area contributed by atoms with E-state index in [-0.39, 0.29) is 30.2 Å². The summed E-state index contributed by atoms with van der Waals surface area (Å²) in [7, 11) is 1.68. The Morgan fingerprint density at radius 2 is 1.96 bits per heavy atom. The van der Waals surface area contributed by atoms with Gasteiger partial charge >= 0.3 is 0 Å². The molecule has 0 bridgehead atoms. The van der Waals surface area contributed by atoms with Crippen molar-refractivity contribution >= 4 is 24.0 Å². The highest BCUT2D eigenvalue weighted by atomic mass is 35.5. The summed E-state index contributed by atoms with van der Waals surface area (Å²) in [5.41, 5.74) is 10.7. The Morgan fingerprint density at radius 3 is 2.62 bits per heavy atom. The maximum absolute atomic E-state index is 14.7. The van der Waals surface area contributed by atoms with Crippen molar-refractivity contribution < 1.29 is 9.18 Å². The second-order valence-corrected chi connectivity index (χ2v) is 6.10. The third-order valence-electron chi connectivity index (χ3n) is 4.55. The molecule has 0 saturated carbocycles. The predicted molar refractivity (Wildman–Crippen MR) is 95.9 cm³/mol. The maximum Gasteiger partial charge on any atom is 0.227 e. The van der Waals surface area contributed by atoms with Crippen molar-refractivity contribution in [1.82, 2.24) is 4.98 Å². The first-order chi connectivity index (χ1) is 10.9. The van der Waals surface area contributed by atoms with Gasteiger partial charge in [-0.05, 0) is 49.1 Å². The average molecular weight is 350 g/mol. The largest absolute Gasteiger partial charge is 0.324 e. The second kappa shape index (κ2) is 6.87. The second-order valence-electron chi connectivity index (χ2n) is 6.10. The number of carbonyl (C=O) groups excluding carboxylic acids is 1. The van der Waals surface area contributed by atoms with Gasteiger partial charge in [-0.3, -0.25) is 9.78 Å². The number of benzene rings is 1. The molecule has 1 unspecified atom stereocenters. The SMILES string of the molecule is Cc1c(-c2cc3c(cc2F)N(C)C(=O)CC3)cncc1C(C)N.Cl. The minimum Gasteiger partial charge on any atom is -0.324 e. The van der Waals surface area contributed by atoms with Gasteiger partial charge in [0, 0.05) is 48.7 Å². The van der Waals surface area contributed by atoms with Gasteiger partial charge in [0.05, 0.1) is 0 Å². The van der Waals surface area contributed by atoms with Crippen molar-refractivity contribution in [1.29, 1.82) is 0 Å². The lowest BCUT2D eigenvalue weighted by Gasteiger charge is -2.26. The summed E-state index contributed by atoms with van der Waals surface area (Å²) in [6.07, 6.45) is 4.48. The lowest BCUT2D eigenvalue weighted by atomic mass is 9.92. The Balaban J connectivity index is 0.00000208. The number of aromatic nitrogens is 1. The molecule has 1 amide bonds. The molecule has 0 fully saturated rings. The van der Waals surface area contributed by atoms with E-state index >= 15 is 0 Å². The molecule has 1 aliphatic heterocycles. The number of hydrogen-bond donors (Lipinski definition) is 1. The maximum atomic E-state index is 14.7. The number of aryl methyl sites for hydroxylation is 1. The number of anilines is 1. The van der Waals surface area contributed by atoms with Gasteiger partial charge in [-0.2, -0.15) is 0 Å². The summed E-state index contributed by atoms with van der Waals surface area (Å²) < 4.78 is 14.7. The number of nitrogens with zero attached hydrogens (tertiary/aromatic N) is 2. The van der Waals surface area contributed by atoms with Gasteiger partial charge in [-0.1, -0.05) is 0 Å². The standard InChI is InChI=1S/C18H20FN3O.ClH/c1-10-14(11(2)20)8-21-9-15(10)13-6-12-4-5-18(23)22(3)17(12)7-16(13)19;/h6-9,11H,4-5,20H2,1-3H3;1H. The summed E-state index contributed by atoms with van der Waals surface area (Å²) >= 11 is 0. The van der Waals surface area contributed by atoms with Gasteiger partial charge in [0.1, 0.15) is 5.82 Å². The number of pyridine rings is 1. The van der Waals surface area contributed by atoms with Crippen LogP contribution < -0.4 is 10.6 Å². The number of amides is 1. The topological polar surface area (TPSA) is 59.2 Å². The lowest BCUT2D eigenvalue weighted by Crippen LogP contribution is -2.31. The van der Waals surface area contributed by atoms with Gasteiger partial charge < -0.3 is 10.6 Å². The Labute approximate surface area is 147 Å². The van der Waals surface area contributed by atoms with E-state index in [0.717, 1.165) is 22.3 Å². The molecule has 2 heterocycles. The normalized spacial score (nSPS) is 14.9. The highest BCUT2D eigenvalue weighted by molar-refractivity contribution is 5.96. The average Bonchev–Trinajstić information content (AvgIpc) is 2.51. The van der Waals surface area contributed by atoms with Crippen molar-refractivity contribution in [2.45, 2.75) is 32.7 Å². The van der Waals surface area contributed by atoms with E-state index in [1.54, 1.807) is 19.4 Å². The molecule has 0 spiro atoms.